The Morgan fingerprint density at radius 1 is 1.04 bits per heavy atom. The minimum Gasteiger partial charge on any atom is -0.273 e. The van der Waals surface area contributed by atoms with Crippen LogP contribution in [-0.4, -0.2) is 19.6 Å². The molecule has 2 rings (SSSR count). The summed E-state index contributed by atoms with van der Waals surface area (Å²) in [5, 5.41) is -0.464. The minimum absolute atomic E-state index is 0.112. The number of aryl methyl sites for hydroxylation is 1. The SMILES string of the molecule is CCCc1ccc(S(=O)(=O)NC(=O)C(C)SCc2ccccc2)cc1. The number of thioether (sulfide) groups is 1. The Morgan fingerprint density at radius 2 is 1.68 bits per heavy atom. The first-order chi connectivity index (χ1) is 11.9. The lowest BCUT2D eigenvalue weighted by molar-refractivity contribution is -0.118. The number of amides is 1. The Kier molecular flexibility index (Phi) is 7.08. The molecular weight excluding hydrogens is 354 g/mol. The molecule has 6 heteroatoms. The van der Waals surface area contributed by atoms with Gasteiger partial charge in [-0.15, -0.1) is 11.8 Å². The maximum atomic E-state index is 12.3. The minimum atomic E-state index is -3.83. The normalized spacial score (nSPS) is 12.6. The summed E-state index contributed by atoms with van der Waals surface area (Å²) in [6, 6.07) is 16.4. The van der Waals surface area contributed by atoms with Crippen LogP contribution in [0.5, 0.6) is 0 Å². The van der Waals surface area contributed by atoms with E-state index in [1.807, 2.05) is 30.3 Å². The van der Waals surface area contributed by atoms with E-state index in [9.17, 15) is 13.2 Å². The zero-order chi connectivity index (χ0) is 18.3. The summed E-state index contributed by atoms with van der Waals surface area (Å²) in [6.45, 7) is 3.78. The molecule has 25 heavy (non-hydrogen) atoms. The number of hydrogen-bond acceptors (Lipinski definition) is 4. The van der Waals surface area contributed by atoms with E-state index in [0.717, 1.165) is 24.0 Å². The number of hydrogen-bond donors (Lipinski definition) is 1. The van der Waals surface area contributed by atoms with Crippen LogP contribution in [0.4, 0.5) is 0 Å². The number of rotatable bonds is 8. The maximum Gasteiger partial charge on any atom is 0.264 e. The van der Waals surface area contributed by atoms with Crippen molar-refractivity contribution in [1.29, 1.82) is 0 Å². The van der Waals surface area contributed by atoms with Crippen molar-refractivity contribution in [3.63, 3.8) is 0 Å². The molecule has 0 aliphatic heterocycles. The van der Waals surface area contributed by atoms with Crippen LogP contribution in [0.3, 0.4) is 0 Å². The molecule has 0 heterocycles. The second-order valence-corrected chi connectivity index (χ2v) is 8.81. The van der Waals surface area contributed by atoms with Crippen LogP contribution in [0.25, 0.3) is 0 Å². The predicted octanol–water partition coefficient (Wildman–Crippen LogP) is 3.77. The van der Waals surface area contributed by atoms with Gasteiger partial charge in [-0.2, -0.15) is 0 Å². The molecule has 1 N–H and O–H groups in total. The fourth-order valence-corrected chi connectivity index (χ4v) is 4.24. The van der Waals surface area contributed by atoms with Gasteiger partial charge in [-0.3, -0.25) is 4.79 Å². The summed E-state index contributed by atoms with van der Waals surface area (Å²) in [7, 11) is -3.83. The van der Waals surface area contributed by atoms with E-state index in [1.54, 1.807) is 31.2 Å². The Hall–Kier alpha value is -1.79. The Balaban J connectivity index is 1.95. The molecule has 0 spiro atoms. The van der Waals surface area contributed by atoms with Crippen LogP contribution in [0.15, 0.2) is 59.5 Å². The van der Waals surface area contributed by atoms with Gasteiger partial charge < -0.3 is 0 Å². The highest BCUT2D eigenvalue weighted by molar-refractivity contribution is 8.00. The quantitative estimate of drug-likeness (QED) is 0.761. The van der Waals surface area contributed by atoms with Crippen LogP contribution in [0.2, 0.25) is 0 Å². The van der Waals surface area contributed by atoms with E-state index >= 15 is 0 Å². The molecule has 2 aromatic rings. The monoisotopic (exact) mass is 377 g/mol. The molecule has 0 radical (unpaired) electrons. The molecule has 0 aliphatic carbocycles. The van der Waals surface area contributed by atoms with E-state index in [4.69, 9.17) is 0 Å². The van der Waals surface area contributed by atoms with Crippen molar-refractivity contribution < 1.29 is 13.2 Å². The van der Waals surface area contributed by atoms with Gasteiger partial charge in [0.1, 0.15) is 0 Å². The molecule has 0 saturated heterocycles. The maximum absolute atomic E-state index is 12.3. The van der Waals surface area contributed by atoms with Crippen molar-refractivity contribution in [3.05, 3.63) is 65.7 Å². The number of carbonyl (C=O) groups is 1. The summed E-state index contributed by atoms with van der Waals surface area (Å²) >= 11 is 1.41. The molecule has 0 aromatic heterocycles. The highest BCUT2D eigenvalue weighted by atomic mass is 32.2. The number of sulfonamides is 1. The second-order valence-electron chi connectivity index (χ2n) is 5.80. The highest BCUT2D eigenvalue weighted by Gasteiger charge is 2.22. The Labute approximate surface area is 154 Å². The summed E-state index contributed by atoms with van der Waals surface area (Å²) in [4.78, 5) is 12.3. The molecule has 1 amide bonds. The van der Waals surface area contributed by atoms with Gasteiger partial charge in [-0.1, -0.05) is 55.8 Å². The van der Waals surface area contributed by atoms with E-state index < -0.39 is 21.2 Å². The van der Waals surface area contributed by atoms with Crippen LogP contribution >= 0.6 is 11.8 Å². The number of nitrogens with one attached hydrogen (secondary N) is 1. The van der Waals surface area contributed by atoms with E-state index in [0.29, 0.717) is 5.75 Å². The van der Waals surface area contributed by atoms with Gasteiger partial charge in [0.25, 0.3) is 10.0 Å². The molecule has 0 aliphatic rings. The van der Waals surface area contributed by atoms with Gasteiger partial charge in [0.2, 0.25) is 5.91 Å². The summed E-state index contributed by atoms with van der Waals surface area (Å²) in [5.41, 5.74) is 2.18. The lowest BCUT2D eigenvalue weighted by atomic mass is 10.1. The number of carbonyl (C=O) groups excluding carboxylic acids is 1. The molecule has 2 aromatic carbocycles. The smallest absolute Gasteiger partial charge is 0.264 e. The van der Waals surface area contributed by atoms with Gasteiger partial charge in [-0.05, 0) is 36.6 Å². The molecule has 0 saturated carbocycles. The van der Waals surface area contributed by atoms with Crippen molar-refractivity contribution in [3.8, 4) is 0 Å². The summed E-state index contributed by atoms with van der Waals surface area (Å²) in [6.07, 6.45) is 1.90. The summed E-state index contributed by atoms with van der Waals surface area (Å²) in [5.74, 6) is 0.153. The number of benzene rings is 2. The van der Waals surface area contributed by atoms with E-state index in [2.05, 4.69) is 11.6 Å². The first kappa shape index (κ1) is 19.5. The fourth-order valence-electron chi connectivity index (χ4n) is 2.27. The predicted molar refractivity (Wildman–Crippen MR) is 103 cm³/mol. The Bertz CT molecular complexity index is 787. The molecular formula is C19H23NO3S2. The van der Waals surface area contributed by atoms with Gasteiger partial charge in [-0.25, -0.2) is 13.1 Å². The zero-order valence-electron chi connectivity index (χ0n) is 14.4. The molecule has 134 valence electrons. The lowest BCUT2D eigenvalue weighted by Gasteiger charge is -2.13. The van der Waals surface area contributed by atoms with Crippen molar-refractivity contribution in [1.82, 2.24) is 4.72 Å². The van der Waals surface area contributed by atoms with Crippen molar-refractivity contribution >= 4 is 27.7 Å². The molecule has 0 bridgehead atoms. The zero-order valence-corrected chi connectivity index (χ0v) is 16.1. The molecule has 1 atom stereocenters. The van der Waals surface area contributed by atoms with Gasteiger partial charge >= 0.3 is 0 Å². The van der Waals surface area contributed by atoms with Crippen molar-refractivity contribution in [2.45, 2.75) is 42.6 Å². The third-order valence-corrected chi connectivity index (χ3v) is 6.30. The standard InChI is InChI=1S/C19H23NO3S2/c1-3-7-16-10-12-18(13-11-16)25(22,23)20-19(21)15(2)24-14-17-8-5-4-6-9-17/h4-6,8-13,15H,3,7,14H2,1-2H3,(H,20,21). The molecule has 4 nitrogen and oxygen atoms in total. The molecule has 1 unspecified atom stereocenters. The van der Waals surface area contributed by atoms with E-state index in [1.165, 1.54) is 11.8 Å². The topological polar surface area (TPSA) is 63.2 Å². The second kappa shape index (κ2) is 9.06. The highest BCUT2D eigenvalue weighted by Crippen LogP contribution is 2.19. The van der Waals surface area contributed by atoms with Crippen LogP contribution in [-0.2, 0) is 27.0 Å². The summed E-state index contributed by atoms with van der Waals surface area (Å²) < 4.78 is 26.9. The first-order valence-electron chi connectivity index (χ1n) is 8.23. The van der Waals surface area contributed by atoms with Crippen molar-refractivity contribution in [2.75, 3.05) is 0 Å². The average molecular weight is 378 g/mol. The van der Waals surface area contributed by atoms with Crippen molar-refractivity contribution in [2.24, 2.45) is 0 Å². The third-order valence-electron chi connectivity index (χ3n) is 3.72. The third kappa shape index (κ3) is 5.90. The average Bonchev–Trinajstić information content (AvgIpc) is 2.61. The lowest BCUT2D eigenvalue weighted by Crippen LogP contribution is -2.36. The Morgan fingerprint density at radius 3 is 2.28 bits per heavy atom. The first-order valence-corrected chi connectivity index (χ1v) is 10.8. The van der Waals surface area contributed by atoms with Gasteiger partial charge in [0.05, 0.1) is 10.1 Å². The van der Waals surface area contributed by atoms with Gasteiger partial charge in [0.15, 0.2) is 0 Å². The van der Waals surface area contributed by atoms with E-state index in [-0.39, 0.29) is 4.90 Å². The van der Waals surface area contributed by atoms with Gasteiger partial charge in [0, 0.05) is 5.75 Å². The largest absolute Gasteiger partial charge is 0.273 e. The fraction of sp³-hybridized carbons (Fsp3) is 0.316. The molecule has 0 fully saturated rings. The van der Waals surface area contributed by atoms with Crippen LogP contribution < -0.4 is 4.72 Å². The van der Waals surface area contributed by atoms with Crippen LogP contribution in [0, 0.1) is 0 Å². The van der Waals surface area contributed by atoms with Crippen LogP contribution in [0.1, 0.15) is 31.4 Å².